The van der Waals surface area contributed by atoms with Crippen molar-refractivity contribution in [2.75, 3.05) is 32.8 Å². The van der Waals surface area contributed by atoms with Gasteiger partial charge in [0.15, 0.2) is 6.10 Å². The molecule has 174 valence electrons. The van der Waals surface area contributed by atoms with E-state index in [2.05, 4.69) is 12.1 Å². The second-order valence-corrected chi connectivity index (χ2v) is 11.1. The molecule has 3 aliphatic heterocycles. The number of carbonyl (C=O) groups is 1. The maximum Gasteiger partial charge on any atom is 0.349 e. The Labute approximate surface area is 202 Å². The van der Waals surface area contributed by atoms with Crippen molar-refractivity contribution in [2.45, 2.75) is 31.2 Å². The number of hydrogen-bond acceptors (Lipinski definition) is 6. The SMILES string of the molecule is O=C(OC1C[N+]2(CCOCc3ccccc3)CCC1CC2)C(O)(c1cccs1)c1cccs1. The second kappa shape index (κ2) is 9.68. The molecule has 1 unspecified atom stereocenters. The number of nitrogens with zero attached hydrogens (tertiary/aromatic N) is 1. The van der Waals surface area contributed by atoms with Gasteiger partial charge in [-0.05, 0) is 28.5 Å². The smallest absolute Gasteiger partial charge is 0.349 e. The summed E-state index contributed by atoms with van der Waals surface area (Å²) >= 11 is 2.76. The van der Waals surface area contributed by atoms with Gasteiger partial charge in [-0.3, -0.25) is 0 Å². The number of hydrogen-bond donors (Lipinski definition) is 1. The van der Waals surface area contributed by atoms with Crippen LogP contribution in [0.5, 0.6) is 0 Å². The van der Waals surface area contributed by atoms with Gasteiger partial charge in [0.2, 0.25) is 5.60 Å². The van der Waals surface area contributed by atoms with Crippen molar-refractivity contribution in [3.63, 3.8) is 0 Å². The fourth-order valence-corrected chi connectivity index (χ4v) is 6.92. The summed E-state index contributed by atoms with van der Waals surface area (Å²) in [4.78, 5) is 14.6. The van der Waals surface area contributed by atoms with Crippen LogP contribution in [0.15, 0.2) is 65.4 Å². The first-order valence-electron chi connectivity index (χ1n) is 11.6. The summed E-state index contributed by atoms with van der Waals surface area (Å²) in [5, 5.41) is 15.3. The maximum absolute atomic E-state index is 13.4. The van der Waals surface area contributed by atoms with Gasteiger partial charge in [0.05, 0.1) is 36.1 Å². The molecule has 0 radical (unpaired) electrons. The van der Waals surface area contributed by atoms with E-state index in [4.69, 9.17) is 9.47 Å². The zero-order chi connectivity index (χ0) is 22.7. The minimum absolute atomic E-state index is 0.166. The summed E-state index contributed by atoms with van der Waals surface area (Å²) in [5.74, 6) is -0.181. The van der Waals surface area contributed by atoms with E-state index in [1.807, 2.05) is 41.1 Å². The average molecular weight is 485 g/mol. The van der Waals surface area contributed by atoms with Gasteiger partial charge in [-0.25, -0.2) is 4.79 Å². The molecule has 3 aliphatic rings. The predicted octanol–water partition coefficient (Wildman–Crippen LogP) is 4.41. The summed E-state index contributed by atoms with van der Waals surface area (Å²) in [6.07, 6.45) is 1.93. The number of carbonyl (C=O) groups excluding carboxylic acids is 1. The molecule has 6 rings (SSSR count). The fourth-order valence-electron chi connectivity index (χ4n) is 5.21. The normalized spacial score (nSPS) is 24.6. The van der Waals surface area contributed by atoms with Crippen LogP contribution < -0.4 is 0 Å². The van der Waals surface area contributed by atoms with Crippen LogP contribution in [0.2, 0.25) is 0 Å². The molecule has 3 aromatic rings. The Hall–Kier alpha value is -2.03. The molecule has 5 nitrogen and oxygen atoms in total. The highest BCUT2D eigenvalue weighted by Gasteiger charge is 2.51. The van der Waals surface area contributed by atoms with Crippen molar-refractivity contribution in [2.24, 2.45) is 5.92 Å². The van der Waals surface area contributed by atoms with Gasteiger partial charge in [0.25, 0.3) is 0 Å². The number of quaternary nitrogens is 1. The lowest BCUT2D eigenvalue weighted by Gasteiger charge is -2.52. The molecule has 0 saturated carbocycles. The number of aliphatic hydroxyl groups is 1. The number of fused-ring (bicyclic) bond motifs is 3. The molecule has 1 N–H and O–H groups in total. The molecule has 2 aromatic heterocycles. The van der Waals surface area contributed by atoms with E-state index in [-0.39, 0.29) is 6.10 Å². The lowest BCUT2D eigenvalue weighted by molar-refractivity contribution is -0.946. The van der Waals surface area contributed by atoms with Crippen molar-refractivity contribution >= 4 is 28.6 Å². The molecule has 5 heterocycles. The Kier molecular flexibility index (Phi) is 6.67. The van der Waals surface area contributed by atoms with Crippen molar-refractivity contribution in [1.82, 2.24) is 0 Å². The number of piperidine rings is 3. The van der Waals surface area contributed by atoms with Crippen LogP contribution in [0, 0.1) is 5.92 Å². The van der Waals surface area contributed by atoms with Crippen LogP contribution in [0.25, 0.3) is 0 Å². The topological polar surface area (TPSA) is 55.8 Å². The third-order valence-corrected chi connectivity index (χ3v) is 9.13. The summed E-state index contributed by atoms with van der Waals surface area (Å²) in [7, 11) is 0. The van der Waals surface area contributed by atoms with Crippen molar-refractivity contribution in [3.8, 4) is 0 Å². The predicted molar refractivity (Wildman–Crippen MR) is 130 cm³/mol. The van der Waals surface area contributed by atoms with Crippen molar-refractivity contribution in [3.05, 3.63) is 80.7 Å². The van der Waals surface area contributed by atoms with E-state index >= 15 is 0 Å². The number of ether oxygens (including phenoxy) is 2. The van der Waals surface area contributed by atoms with Crippen LogP contribution in [-0.4, -0.2) is 54.4 Å². The Morgan fingerprint density at radius 1 is 1.00 bits per heavy atom. The Morgan fingerprint density at radius 2 is 1.67 bits per heavy atom. The third-order valence-electron chi connectivity index (χ3n) is 7.17. The zero-order valence-electron chi connectivity index (χ0n) is 18.6. The van der Waals surface area contributed by atoms with Gasteiger partial charge in [-0.2, -0.15) is 0 Å². The molecular weight excluding hydrogens is 454 g/mol. The molecule has 2 bridgehead atoms. The van der Waals surface area contributed by atoms with Gasteiger partial charge >= 0.3 is 5.97 Å². The first-order valence-corrected chi connectivity index (χ1v) is 13.3. The van der Waals surface area contributed by atoms with Crippen molar-refractivity contribution < 1.29 is 23.9 Å². The van der Waals surface area contributed by atoms with Crippen LogP contribution in [0.4, 0.5) is 0 Å². The largest absolute Gasteiger partial charge is 0.453 e. The van der Waals surface area contributed by atoms with E-state index in [0.717, 1.165) is 43.5 Å². The van der Waals surface area contributed by atoms with Crippen LogP contribution >= 0.6 is 22.7 Å². The Bertz CT molecular complexity index is 993. The van der Waals surface area contributed by atoms with E-state index in [0.29, 0.717) is 28.9 Å². The van der Waals surface area contributed by atoms with E-state index in [1.165, 1.54) is 28.2 Å². The monoisotopic (exact) mass is 484 g/mol. The standard InChI is InChI=1S/C26H30NO4S2/c28-25(26(29,23-8-4-16-32-23)24-9-5-17-33-24)31-22-18-27(12-10-21(22)11-13-27)14-15-30-19-20-6-2-1-3-7-20/h1-9,16-17,21-22,29H,10-15,18-19H2/q+1. The molecule has 3 fully saturated rings. The first kappa shape index (κ1) is 22.7. The van der Waals surface area contributed by atoms with Gasteiger partial charge in [-0.1, -0.05) is 42.5 Å². The Morgan fingerprint density at radius 3 is 2.27 bits per heavy atom. The molecule has 3 saturated heterocycles. The van der Waals surface area contributed by atoms with Crippen LogP contribution in [0.3, 0.4) is 0 Å². The fraction of sp³-hybridized carbons (Fsp3) is 0.423. The third kappa shape index (κ3) is 4.66. The number of thiophene rings is 2. The van der Waals surface area contributed by atoms with Gasteiger partial charge in [0.1, 0.15) is 13.1 Å². The molecule has 0 amide bonds. The van der Waals surface area contributed by atoms with E-state index in [9.17, 15) is 9.90 Å². The number of benzene rings is 1. The highest BCUT2D eigenvalue weighted by molar-refractivity contribution is 7.12. The molecular formula is C26H30NO4S2+. The highest BCUT2D eigenvalue weighted by atomic mass is 32.1. The summed E-state index contributed by atoms with van der Waals surface area (Å²) in [6.45, 7) is 5.25. The first-order chi connectivity index (χ1) is 16.1. The molecule has 0 spiro atoms. The van der Waals surface area contributed by atoms with Gasteiger partial charge < -0.3 is 19.1 Å². The lowest BCUT2D eigenvalue weighted by Crippen LogP contribution is -2.65. The van der Waals surface area contributed by atoms with E-state index < -0.39 is 11.6 Å². The summed E-state index contributed by atoms with van der Waals surface area (Å²) < 4.78 is 13.0. The summed E-state index contributed by atoms with van der Waals surface area (Å²) in [6, 6.07) is 17.6. The molecule has 1 aromatic carbocycles. The number of esters is 1. The zero-order valence-corrected chi connectivity index (χ0v) is 20.2. The lowest BCUT2D eigenvalue weighted by atomic mass is 9.83. The maximum atomic E-state index is 13.4. The second-order valence-electron chi connectivity index (χ2n) is 9.18. The summed E-state index contributed by atoms with van der Waals surface area (Å²) in [5.41, 5.74) is -0.555. The molecule has 7 heteroatoms. The molecule has 0 aliphatic carbocycles. The van der Waals surface area contributed by atoms with Crippen LogP contribution in [-0.2, 0) is 26.5 Å². The quantitative estimate of drug-likeness (QED) is 0.278. The minimum Gasteiger partial charge on any atom is -0.453 e. The van der Waals surface area contributed by atoms with Gasteiger partial charge in [0, 0.05) is 18.8 Å². The van der Waals surface area contributed by atoms with Crippen LogP contribution in [0.1, 0.15) is 28.2 Å². The molecule has 33 heavy (non-hydrogen) atoms. The highest BCUT2D eigenvalue weighted by Crippen LogP contribution is 2.40. The van der Waals surface area contributed by atoms with Crippen molar-refractivity contribution in [1.29, 1.82) is 0 Å². The van der Waals surface area contributed by atoms with E-state index in [1.54, 1.807) is 12.1 Å². The minimum atomic E-state index is -1.74. The number of rotatable bonds is 9. The Balaban J connectivity index is 1.24. The molecule has 1 atom stereocenters. The average Bonchev–Trinajstić information content (AvgIpc) is 3.58. The van der Waals surface area contributed by atoms with Gasteiger partial charge in [-0.15, -0.1) is 22.7 Å².